The summed E-state index contributed by atoms with van der Waals surface area (Å²) in [6.45, 7) is 4.37. The monoisotopic (exact) mass is 208 g/mol. The summed E-state index contributed by atoms with van der Waals surface area (Å²) in [4.78, 5) is 0. The van der Waals surface area contributed by atoms with Gasteiger partial charge in [0.05, 0.1) is 0 Å². The van der Waals surface area contributed by atoms with Crippen molar-refractivity contribution in [3.05, 3.63) is 35.9 Å². The first-order valence-electron chi connectivity index (χ1n) is 3.26. The SMILES string of the molecule is CC(C)c1c[c-]ccc1.[Y]. The first kappa shape index (κ1) is 10.3. The maximum Gasteiger partial charge on any atom is 0 e. The van der Waals surface area contributed by atoms with E-state index in [1.54, 1.807) is 0 Å². The van der Waals surface area contributed by atoms with Gasteiger partial charge in [-0.05, 0) is 0 Å². The van der Waals surface area contributed by atoms with Crippen LogP contribution in [-0.2, 0) is 32.7 Å². The summed E-state index contributed by atoms with van der Waals surface area (Å²) in [6, 6.07) is 11.1. The van der Waals surface area contributed by atoms with E-state index in [-0.39, 0.29) is 32.7 Å². The fourth-order valence-electron chi connectivity index (χ4n) is 0.766. The molecule has 0 unspecified atom stereocenters. The summed E-state index contributed by atoms with van der Waals surface area (Å²) < 4.78 is 0. The van der Waals surface area contributed by atoms with Gasteiger partial charge in [0.25, 0.3) is 0 Å². The van der Waals surface area contributed by atoms with Gasteiger partial charge in [-0.25, -0.2) is 0 Å². The van der Waals surface area contributed by atoms with Gasteiger partial charge in [-0.15, -0.1) is 0 Å². The molecule has 0 aromatic heterocycles. The summed E-state index contributed by atoms with van der Waals surface area (Å²) in [5.74, 6) is 0.627. The average Bonchev–Trinajstić information content (AvgIpc) is 1.90. The predicted molar refractivity (Wildman–Crippen MR) is 39.4 cm³/mol. The molecule has 0 bridgehead atoms. The van der Waals surface area contributed by atoms with Gasteiger partial charge in [-0.2, -0.15) is 35.9 Å². The number of hydrogen-bond donors (Lipinski definition) is 0. The maximum atomic E-state index is 3.04. The average molecular weight is 208 g/mol. The van der Waals surface area contributed by atoms with Crippen LogP contribution in [0.25, 0.3) is 0 Å². The zero-order valence-electron chi connectivity index (χ0n) is 6.46. The van der Waals surface area contributed by atoms with Crippen LogP contribution in [0.2, 0.25) is 0 Å². The van der Waals surface area contributed by atoms with Crippen molar-refractivity contribution in [2.45, 2.75) is 19.8 Å². The molecule has 0 amide bonds. The third-order valence-corrected chi connectivity index (χ3v) is 1.40. The molecule has 51 valence electrons. The molecule has 0 aliphatic rings. The quantitative estimate of drug-likeness (QED) is 0.622. The molecule has 0 heterocycles. The Morgan fingerprint density at radius 3 is 2.40 bits per heavy atom. The van der Waals surface area contributed by atoms with Crippen LogP contribution in [0.1, 0.15) is 25.3 Å². The Morgan fingerprint density at radius 1 is 1.40 bits per heavy atom. The van der Waals surface area contributed by atoms with E-state index in [1.165, 1.54) is 5.56 Å². The van der Waals surface area contributed by atoms with E-state index in [0.717, 1.165) is 0 Å². The molecule has 0 spiro atoms. The Kier molecular flexibility index (Phi) is 5.20. The zero-order chi connectivity index (χ0) is 6.69. The molecular formula is C9H11Y-. The van der Waals surface area contributed by atoms with E-state index < -0.39 is 0 Å². The van der Waals surface area contributed by atoms with Gasteiger partial charge in [-0.3, -0.25) is 0 Å². The van der Waals surface area contributed by atoms with Crippen LogP contribution in [-0.4, -0.2) is 0 Å². The van der Waals surface area contributed by atoms with Crippen LogP contribution >= 0.6 is 0 Å². The van der Waals surface area contributed by atoms with Crippen LogP contribution < -0.4 is 0 Å². The first-order chi connectivity index (χ1) is 4.30. The second-order valence-electron chi connectivity index (χ2n) is 2.49. The van der Waals surface area contributed by atoms with Crippen molar-refractivity contribution >= 4 is 0 Å². The third-order valence-electron chi connectivity index (χ3n) is 1.40. The van der Waals surface area contributed by atoms with E-state index in [2.05, 4.69) is 26.0 Å². The normalized spacial score (nSPS) is 9.10. The van der Waals surface area contributed by atoms with Crippen molar-refractivity contribution in [3.63, 3.8) is 0 Å². The predicted octanol–water partition coefficient (Wildman–Crippen LogP) is 2.61. The minimum absolute atomic E-state index is 0. The molecule has 0 fully saturated rings. The summed E-state index contributed by atoms with van der Waals surface area (Å²) in [5, 5.41) is 0. The van der Waals surface area contributed by atoms with Crippen molar-refractivity contribution in [2.24, 2.45) is 0 Å². The summed E-state index contributed by atoms with van der Waals surface area (Å²) in [7, 11) is 0. The van der Waals surface area contributed by atoms with Crippen molar-refractivity contribution in [3.8, 4) is 0 Å². The fraction of sp³-hybridized carbons (Fsp3) is 0.333. The Balaban J connectivity index is 0.000000810. The zero-order valence-corrected chi connectivity index (χ0v) is 9.30. The smallest absolute Gasteiger partial charge is 0 e. The Morgan fingerprint density at radius 2 is 2.10 bits per heavy atom. The van der Waals surface area contributed by atoms with Gasteiger partial charge in [0, 0.05) is 32.7 Å². The van der Waals surface area contributed by atoms with Crippen molar-refractivity contribution in [2.75, 3.05) is 0 Å². The maximum absolute atomic E-state index is 3.04. The molecule has 0 saturated heterocycles. The van der Waals surface area contributed by atoms with Crippen molar-refractivity contribution in [1.82, 2.24) is 0 Å². The van der Waals surface area contributed by atoms with Gasteiger partial charge in [0.1, 0.15) is 0 Å². The summed E-state index contributed by atoms with van der Waals surface area (Å²) in [5.41, 5.74) is 1.36. The molecule has 1 radical (unpaired) electrons. The molecule has 0 N–H and O–H groups in total. The molecule has 1 rings (SSSR count). The molecule has 0 nitrogen and oxygen atoms in total. The molecule has 0 atom stereocenters. The largest absolute Gasteiger partial charge is 0.184 e. The Hall–Kier alpha value is 0.324. The van der Waals surface area contributed by atoms with E-state index in [9.17, 15) is 0 Å². The fourth-order valence-corrected chi connectivity index (χ4v) is 0.766. The molecule has 10 heavy (non-hydrogen) atoms. The molecule has 0 aliphatic carbocycles. The van der Waals surface area contributed by atoms with Crippen LogP contribution in [0.5, 0.6) is 0 Å². The molecule has 1 aromatic carbocycles. The van der Waals surface area contributed by atoms with Gasteiger partial charge in [-0.1, -0.05) is 19.8 Å². The van der Waals surface area contributed by atoms with E-state index in [4.69, 9.17) is 0 Å². The molecule has 1 heteroatoms. The number of rotatable bonds is 1. The van der Waals surface area contributed by atoms with Gasteiger partial charge in [0.2, 0.25) is 0 Å². The van der Waals surface area contributed by atoms with E-state index in [1.807, 2.05) is 18.2 Å². The van der Waals surface area contributed by atoms with Crippen molar-refractivity contribution < 1.29 is 32.7 Å². The number of hydrogen-bond acceptors (Lipinski definition) is 0. The standard InChI is InChI=1S/C9H11.Y/c1-8(2)9-6-4-3-5-7-9;/h3-4,6-8H,1-2H3;/q-1;. The second kappa shape index (κ2) is 5.04. The molecule has 0 aliphatic heterocycles. The third kappa shape index (κ3) is 2.94. The topological polar surface area (TPSA) is 0 Å². The second-order valence-corrected chi connectivity index (χ2v) is 2.49. The van der Waals surface area contributed by atoms with Crippen LogP contribution in [0.4, 0.5) is 0 Å². The Bertz CT molecular complexity index is 167. The molecule has 1 aromatic rings. The van der Waals surface area contributed by atoms with Crippen LogP contribution in [0.15, 0.2) is 24.3 Å². The Labute approximate surface area is 87.9 Å². The minimum atomic E-state index is 0. The van der Waals surface area contributed by atoms with Gasteiger partial charge in [0.15, 0.2) is 0 Å². The summed E-state index contributed by atoms with van der Waals surface area (Å²) >= 11 is 0. The van der Waals surface area contributed by atoms with Crippen LogP contribution in [0, 0.1) is 6.07 Å². The van der Waals surface area contributed by atoms with E-state index >= 15 is 0 Å². The summed E-state index contributed by atoms with van der Waals surface area (Å²) in [6.07, 6.45) is 0. The van der Waals surface area contributed by atoms with Crippen molar-refractivity contribution in [1.29, 1.82) is 0 Å². The number of benzene rings is 1. The first-order valence-corrected chi connectivity index (χ1v) is 3.26. The minimum Gasteiger partial charge on any atom is -0.184 e. The molecular weight excluding hydrogens is 197 g/mol. The van der Waals surface area contributed by atoms with Crippen LogP contribution in [0.3, 0.4) is 0 Å². The van der Waals surface area contributed by atoms with E-state index in [0.29, 0.717) is 5.92 Å². The molecule has 0 saturated carbocycles. The van der Waals surface area contributed by atoms with Gasteiger partial charge >= 0.3 is 0 Å². The van der Waals surface area contributed by atoms with Gasteiger partial charge < -0.3 is 0 Å².